The largest absolute Gasteiger partial charge is 0.496 e. The lowest BCUT2D eigenvalue weighted by Gasteiger charge is -2.27. The van der Waals surface area contributed by atoms with Gasteiger partial charge < -0.3 is 4.74 Å². The lowest BCUT2D eigenvalue weighted by atomic mass is 10.1. The van der Waals surface area contributed by atoms with E-state index in [9.17, 15) is 14.4 Å². The van der Waals surface area contributed by atoms with Crippen molar-refractivity contribution in [2.24, 2.45) is 0 Å². The Hall–Kier alpha value is -2.35. The highest BCUT2D eigenvalue weighted by Gasteiger charge is 2.38. The molecule has 0 spiro atoms. The van der Waals surface area contributed by atoms with Crippen LogP contribution < -0.4 is 15.0 Å². The fourth-order valence-corrected chi connectivity index (χ4v) is 3.42. The third kappa shape index (κ3) is 3.71. The minimum Gasteiger partial charge on any atom is -0.496 e. The van der Waals surface area contributed by atoms with Crippen molar-refractivity contribution in [3.63, 3.8) is 0 Å². The lowest BCUT2D eigenvalue weighted by Crippen LogP contribution is -2.54. The summed E-state index contributed by atoms with van der Waals surface area (Å²) in [6, 6.07) is 8.66. The van der Waals surface area contributed by atoms with E-state index >= 15 is 0 Å². The number of amides is 4. The summed E-state index contributed by atoms with van der Waals surface area (Å²) in [6.07, 6.45) is 1.37. The Balaban J connectivity index is 2.05. The minimum absolute atomic E-state index is 0.0311. The molecule has 4 amide bonds. The molecule has 1 aliphatic heterocycles. The second kappa shape index (κ2) is 7.72. The molecule has 138 valence electrons. The van der Waals surface area contributed by atoms with Crippen LogP contribution in [-0.4, -0.2) is 25.0 Å². The molecule has 1 fully saturated rings. The Morgan fingerprint density at radius 1 is 1.15 bits per heavy atom. The number of rotatable bonds is 3. The van der Waals surface area contributed by atoms with Crippen LogP contribution in [0.15, 0.2) is 46.4 Å². The van der Waals surface area contributed by atoms with E-state index in [2.05, 4.69) is 21.2 Å². The van der Waals surface area contributed by atoms with Crippen molar-refractivity contribution in [2.75, 3.05) is 12.0 Å². The maximum Gasteiger partial charge on any atom is 0.336 e. The number of hydrogen-bond donors (Lipinski definition) is 1. The first-order chi connectivity index (χ1) is 12.8. The summed E-state index contributed by atoms with van der Waals surface area (Å²) < 4.78 is 5.80. The molecular formula is C18H11BrCl2N2O4. The van der Waals surface area contributed by atoms with Gasteiger partial charge in [0.15, 0.2) is 0 Å². The zero-order valence-electron chi connectivity index (χ0n) is 13.8. The molecule has 1 heterocycles. The van der Waals surface area contributed by atoms with Gasteiger partial charge in [0.25, 0.3) is 11.8 Å². The Bertz CT molecular complexity index is 1010. The Labute approximate surface area is 172 Å². The number of nitrogens with zero attached hydrogens (tertiary/aromatic N) is 1. The number of carbonyl (C=O) groups is 3. The lowest BCUT2D eigenvalue weighted by molar-refractivity contribution is -0.122. The van der Waals surface area contributed by atoms with Gasteiger partial charge in [-0.2, -0.15) is 0 Å². The number of benzene rings is 2. The number of anilines is 1. The monoisotopic (exact) mass is 468 g/mol. The van der Waals surface area contributed by atoms with Gasteiger partial charge in [-0.3, -0.25) is 14.9 Å². The molecule has 9 heteroatoms. The standard InChI is InChI=1S/C18H11BrCl2N2O4/c1-27-14-6-5-9(8-11(14)19)7-10-16(24)22-18(26)23(17(10)25)13-4-2-3-12(20)15(13)21/h2-8H,1H3,(H,22,24,26)/b10-7+. The number of urea groups is 1. The molecule has 3 rings (SSSR count). The molecule has 0 saturated carbocycles. The van der Waals surface area contributed by atoms with E-state index in [1.54, 1.807) is 24.3 Å². The SMILES string of the molecule is COc1ccc(/C=C2\C(=O)NC(=O)N(c3cccc(Cl)c3Cl)C2=O)cc1Br. The number of nitrogens with one attached hydrogen (secondary N) is 1. The molecule has 27 heavy (non-hydrogen) atoms. The van der Waals surface area contributed by atoms with Gasteiger partial charge in [-0.1, -0.05) is 35.3 Å². The fourth-order valence-electron chi connectivity index (χ4n) is 2.48. The number of imide groups is 2. The van der Waals surface area contributed by atoms with Crippen LogP contribution in [0.4, 0.5) is 10.5 Å². The van der Waals surface area contributed by atoms with Crippen LogP contribution in [0.25, 0.3) is 6.08 Å². The van der Waals surface area contributed by atoms with Crippen molar-refractivity contribution in [3.05, 3.63) is 62.1 Å². The molecule has 1 saturated heterocycles. The third-order valence-corrected chi connectivity index (χ3v) is 5.19. The predicted molar refractivity (Wildman–Crippen MR) is 106 cm³/mol. The van der Waals surface area contributed by atoms with Gasteiger partial charge in [-0.25, -0.2) is 9.69 Å². The van der Waals surface area contributed by atoms with Crippen molar-refractivity contribution in [2.45, 2.75) is 0 Å². The topological polar surface area (TPSA) is 75.7 Å². The zero-order valence-corrected chi connectivity index (χ0v) is 16.9. The van der Waals surface area contributed by atoms with Crippen molar-refractivity contribution < 1.29 is 19.1 Å². The summed E-state index contributed by atoms with van der Waals surface area (Å²) in [6.45, 7) is 0. The van der Waals surface area contributed by atoms with Crippen LogP contribution in [0.5, 0.6) is 5.75 Å². The van der Waals surface area contributed by atoms with Gasteiger partial charge in [0.05, 0.1) is 27.3 Å². The quantitative estimate of drug-likeness (QED) is 0.532. The average Bonchev–Trinajstić information content (AvgIpc) is 2.62. The van der Waals surface area contributed by atoms with E-state index in [1.807, 2.05) is 0 Å². The van der Waals surface area contributed by atoms with Crippen LogP contribution in [0.3, 0.4) is 0 Å². The van der Waals surface area contributed by atoms with E-state index in [0.717, 1.165) is 4.90 Å². The van der Waals surface area contributed by atoms with Crippen molar-refractivity contribution in [1.29, 1.82) is 0 Å². The maximum absolute atomic E-state index is 12.9. The summed E-state index contributed by atoms with van der Waals surface area (Å²) in [5.74, 6) is -1.01. The van der Waals surface area contributed by atoms with Crippen LogP contribution in [-0.2, 0) is 9.59 Å². The number of carbonyl (C=O) groups excluding carboxylic acids is 3. The van der Waals surface area contributed by atoms with Gasteiger partial charge in [-0.15, -0.1) is 0 Å². The molecule has 6 nitrogen and oxygen atoms in total. The molecule has 1 N–H and O–H groups in total. The summed E-state index contributed by atoms with van der Waals surface area (Å²) in [4.78, 5) is 38.1. The fraction of sp³-hybridized carbons (Fsp3) is 0.0556. The van der Waals surface area contributed by atoms with Gasteiger partial charge in [0, 0.05) is 0 Å². The average molecular weight is 470 g/mol. The normalized spacial score (nSPS) is 15.9. The first-order valence-corrected chi connectivity index (χ1v) is 9.07. The van der Waals surface area contributed by atoms with Gasteiger partial charge in [0.1, 0.15) is 11.3 Å². The second-order valence-electron chi connectivity index (χ2n) is 5.42. The third-order valence-electron chi connectivity index (χ3n) is 3.76. The van der Waals surface area contributed by atoms with Crippen molar-refractivity contribution in [3.8, 4) is 5.75 Å². The van der Waals surface area contributed by atoms with Crippen molar-refractivity contribution in [1.82, 2.24) is 5.32 Å². The predicted octanol–water partition coefficient (Wildman–Crippen LogP) is 4.43. The Kier molecular flexibility index (Phi) is 5.55. The van der Waals surface area contributed by atoms with Gasteiger partial charge in [0.2, 0.25) is 0 Å². The minimum atomic E-state index is -0.901. The molecular weight excluding hydrogens is 459 g/mol. The molecule has 0 atom stereocenters. The molecule has 0 unspecified atom stereocenters. The molecule has 0 bridgehead atoms. The summed E-state index contributed by atoms with van der Waals surface area (Å²) in [7, 11) is 1.52. The highest BCUT2D eigenvalue weighted by molar-refractivity contribution is 9.10. The summed E-state index contributed by atoms with van der Waals surface area (Å²) in [5.41, 5.74) is 0.427. The highest BCUT2D eigenvalue weighted by Crippen LogP contribution is 2.34. The van der Waals surface area contributed by atoms with Gasteiger partial charge >= 0.3 is 6.03 Å². The number of methoxy groups -OCH3 is 1. The van der Waals surface area contributed by atoms with Crippen LogP contribution in [0.1, 0.15) is 5.56 Å². The van der Waals surface area contributed by atoms with Crippen LogP contribution in [0.2, 0.25) is 10.0 Å². The van der Waals surface area contributed by atoms with E-state index in [4.69, 9.17) is 27.9 Å². The van der Waals surface area contributed by atoms with Crippen LogP contribution in [0, 0.1) is 0 Å². The molecule has 2 aromatic rings. The summed E-state index contributed by atoms with van der Waals surface area (Å²) >= 11 is 15.4. The highest BCUT2D eigenvalue weighted by atomic mass is 79.9. The zero-order chi connectivity index (χ0) is 19.7. The molecule has 0 radical (unpaired) electrons. The van der Waals surface area contributed by atoms with Crippen molar-refractivity contribution >= 4 is 68.7 Å². The van der Waals surface area contributed by atoms with E-state index < -0.39 is 17.8 Å². The second-order valence-corrected chi connectivity index (χ2v) is 7.06. The van der Waals surface area contributed by atoms with Crippen LogP contribution >= 0.6 is 39.1 Å². The smallest absolute Gasteiger partial charge is 0.336 e. The van der Waals surface area contributed by atoms with E-state index in [1.165, 1.54) is 25.3 Å². The van der Waals surface area contributed by atoms with E-state index in [0.29, 0.717) is 15.8 Å². The number of hydrogen-bond acceptors (Lipinski definition) is 4. The maximum atomic E-state index is 12.9. The number of ether oxygens (including phenoxy) is 1. The first kappa shape index (κ1) is 19.4. The molecule has 0 aliphatic carbocycles. The number of halogens is 3. The number of barbiturate groups is 1. The molecule has 2 aromatic carbocycles. The summed E-state index contributed by atoms with van der Waals surface area (Å²) in [5, 5.41) is 2.34. The Morgan fingerprint density at radius 3 is 2.56 bits per heavy atom. The van der Waals surface area contributed by atoms with E-state index in [-0.39, 0.29) is 21.3 Å². The van der Waals surface area contributed by atoms with Gasteiger partial charge in [-0.05, 0) is 51.8 Å². The Morgan fingerprint density at radius 2 is 1.89 bits per heavy atom. The molecule has 0 aromatic heterocycles. The molecule has 1 aliphatic rings. The first-order valence-electron chi connectivity index (χ1n) is 7.52.